The summed E-state index contributed by atoms with van der Waals surface area (Å²) in [6.07, 6.45) is -19.0. The summed E-state index contributed by atoms with van der Waals surface area (Å²) in [6, 6.07) is 52.2. The van der Waals surface area contributed by atoms with E-state index in [-0.39, 0.29) is 89.1 Å². The molecule has 0 saturated carbocycles. The highest BCUT2D eigenvalue weighted by molar-refractivity contribution is 6.13. The van der Waals surface area contributed by atoms with E-state index in [0.717, 1.165) is 24.3 Å². The number of rotatable bonds is 7. The molecule has 0 N–H and O–H groups in total. The van der Waals surface area contributed by atoms with Crippen LogP contribution in [0, 0.1) is 22.7 Å². The Bertz CT molecular complexity index is 4150. The highest BCUT2D eigenvalue weighted by Gasteiger charge is 2.37. The first-order valence-corrected chi connectivity index (χ1v) is 25.0. The van der Waals surface area contributed by atoms with Crippen molar-refractivity contribution in [3.8, 4) is 79.1 Å². The minimum Gasteiger partial charge on any atom is -0.308 e. The average Bonchev–Trinajstić information content (AvgIpc) is 3.44. The van der Waals surface area contributed by atoms with E-state index in [0.29, 0.717) is 32.7 Å². The second-order valence-corrected chi connectivity index (χ2v) is 19.5. The van der Waals surface area contributed by atoms with Crippen molar-refractivity contribution in [2.45, 2.75) is 24.7 Å². The molecule has 0 radical (unpaired) electrons. The fourth-order valence-electron chi connectivity index (χ4n) is 11.1. The van der Waals surface area contributed by atoms with Crippen LogP contribution in [0.5, 0.6) is 0 Å². The highest BCUT2D eigenvalue weighted by atomic mass is 19.4. The van der Waals surface area contributed by atoms with E-state index in [4.69, 9.17) is 0 Å². The van der Waals surface area contributed by atoms with Crippen molar-refractivity contribution < 1.29 is 52.7 Å². The first-order chi connectivity index (χ1) is 39.1. The SMILES string of the molecule is N#Cc1ccc(-c2ccc(C#N)c(-n3c4cc(-c5ccccc5C(F)(F)F)ccc4c4ccc(-c5ccccc5C(F)(F)F)cc43)c2)cc1-n1c2cc(-c3ccccc3C(F)(F)F)ccc2c2ccc(-c3ccccc3C(F)(F)F)cc21. The van der Waals surface area contributed by atoms with Crippen molar-refractivity contribution in [1.29, 1.82) is 10.5 Å². The number of halogens is 12. The molecule has 402 valence electrons. The fraction of sp³-hybridized carbons (Fsp3) is 0.0606. The molecule has 82 heavy (non-hydrogen) atoms. The van der Waals surface area contributed by atoms with Gasteiger partial charge in [-0.05, 0) is 128 Å². The Morgan fingerprint density at radius 2 is 0.500 bits per heavy atom. The van der Waals surface area contributed by atoms with Crippen molar-refractivity contribution in [3.63, 3.8) is 0 Å². The molecule has 2 heterocycles. The van der Waals surface area contributed by atoms with Gasteiger partial charge in [-0.3, -0.25) is 0 Å². The zero-order chi connectivity index (χ0) is 57.6. The third-order valence-electron chi connectivity index (χ3n) is 14.8. The molecule has 10 aromatic carbocycles. The zero-order valence-corrected chi connectivity index (χ0v) is 42.0. The van der Waals surface area contributed by atoms with Crippen molar-refractivity contribution in [2.24, 2.45) is 0 Å². The second-order valence-electron chi connectivity index (χ2n) is 19.5. The Kier molecular flexibility index (Phi) is 12.4. The summed E-state index contributed by atoms with van der Waals surface area (Å²) in [6.45, 7) is 0. The van der Waals surface area contributed by atoms with Crippen LogP contribution in [0.2, 0.25) is 0 Å². The van der Waals surface area contributed by atoms with E-state index in [2.05, 4.69) is 12.1 Å². The summed E-state index contributed by atoms with van der Waals surface area (Å²) in [7, 11) is 0. The van der Waals surface area contributed by atoms with E-state index in [1.807, 2.05) is 0 Å². The Morgan fingerprint density at radius 3 is 0.732 bits per heavy atom. The van der Waals surface area contributed by atoms with Crippen LogP contribution in [-0.4, -0.2) is 9.13 Å². The number of hydrogen-bond donors (Lipinski definition) is 0. The summed E-state index contributed by atoms with van der Waals surface area (Å²) >= 11 is 0. The van der Waals surface area contributed by atoms with Gasteiger partial charge >= 0.3 is 24.7 Å². The third-order valence-corrected chi connectivity index (χ3v) is 14.8. The molecule has 4 nitrogen and oxygen atoms in total. The van der Waals surface area contributed by atoms with E-state index >= 15 is 0 Å². The van der Waals surface area contributed by atoms with Gasteiger partial charge in [-0.15, -0.1) is 0 Å². The van der Waals surface area contributed by atoms with Gasteiger partial charge in [0.2, 0.25) is 0 Å². The minimum absolute atomic E-state index is 0.0411. The average molecular weight is 1110 g/mol. The van der Waals surface area contributed by atoms with Crippen LogP contribution in [0.25, 0.3) is 111 Å². The van der Waals surface area contributed by atoms with Crippen LogP contribution in [-0.2, 0) is 24.7 Å². The van der Waals surface area contributed by atoms with Crippen LogP contribution in [0.15, 0.2) is 206 Å². The molecule has 0 saturated heterocycles. The Morgan fingerprint density at radius 1 is 0.268 bits per heavy atom. The number of nitriles is 2. The monoisotopic (exact) mass is 1110 g/mol. The summed E-state index contributed by atoms with van der Waals surface area (Å²) in [5.41, 5.74) is -1.47. The van der Waals surface area contributed by atoms with Crippen LogP contribution in [0.3, 0.4) is 0 Å². The number of aromatic nitrogens is 2. The fourth-order valence-corrected chi connectivity index (χ4v) is 11.1. The van der Waals surface area contributed by atoms with Crippen molar-refractivity contribution in [2.75, 3.05) is 0 Å². The Hall–Kier alpha value is -10.1. The largest absolute Gasteiger partial charge is 0.417 e. The predicted molar refractivity (Wildman–Crippen MR) is 292 cm³/mol. The van der Waals surface area contributed by atoms with Gasteiger partial charge in [0.05, 0.1) is 66.8 Å². The second kappa shape index (κ2) is 19.3. The third kappa shape index (κ3) is 9.02. The molecule has 12 rings (SSSR count). The van der Waals surface area contributed by atoms with Gasteiger partial charge in [-0.2, -0.15) is 63.2 Å². The molecular formula is C66H34F12N4. The Balaban J connectivity index is 1.12. The molecule has 0 atom stereocenters. The molecule has 16 heteroatoms. The summed E-state index contributed by atoms with van der Waals surface area (Å²) in [5.74, 6) is 0. The highest BCUT2D eigenvalue weighted by Crippen LogP contribution is 2.46. The van der Waals surface area contributed by atoms with Gasteiger partial charge in [-0.1, -0.05) is 133 Å². The molecule has 0 bridgehead atoms. The molecule has 0 aliphatic carbocycles. The standard InChI is InChI=1S/C66H34F12N4/c67-63(68,69)53-13-5-1-9-45(53)39-21-25-49-50-26-22-40(46-10-2-6-14-54(46)64(70,71)72)32-60(50)81(59(49)31-39)57-29-37(17-19-43(57)35-79)38-18-20-44(36-80)58(30-38)82-61-33-41(47-11-3-7-15-55(47)65(73,74)75)23-27-51(61)52-28-24-42(34-62(52)82)48-12-4-8-16-56(48)66(76,77)78/h1-34H. The molecule has 0 aliphatic heterocycles. The molecular weight excluding hydrogens is 1080 g/mol. The van der Waals surface area contributed by atoms with Crippen molar-refractivity contribution >= 4 is 43.6 Å². The maximum absolute atomic E-state index is 14.6. The van der Waals surface area contributed by atoms with Crippen molar-refractivity contribution in [1.82, 2.24) is 9.13 Å². The van der Waals surface area contributed by atoms with Crippen LogP contribution in [0.1, 0.15) is 33.4 Å². The molecule has 0 fully saturated rings. The van der Waals surface area contributed by atoms with Gasteiger partial charge in [0.15, 0.2) is 0 Å². The molecule has 0 spiro atoms. The van der Waals surface area contributed by atoms with E-state index in [1.54, 1.807) is 57.7 Å². The summed E-state index contributed by atoms with van der Waals surface area (Å²) in [5, 5.41) is 23.6. The van der Waals surface area contributed by atoms with E-state index in [1.165, 1.54) is 133 Å². The molecule has 0 amide bonds. The number of hydrogen-bond acceptors (Lipinski definition) is 2. The lowest BCUT2D eigenvalue weighted by Gasteiger charge is -2.17. The Labute approximate surface area is 457 Å². The van der Waals surface area contributed by atoms with E-state index < -0.39 is 47.0 Å². The number of nitrogens with zero attached hydrogens (tertiary/aromatic N) is 4. The van der Waals surface area contributed by atoms with Gasteiger partial charge in [-0.25, -0.2) is 0 Å². The van der Waals surface area contributed by atoms with Crippen LogP contribution >= 0.6 is 0 Å². The van der Waals surface area contributed by atoms with Gasteiger partial charge in [0.25, 0.3) is 0 Å². The lowest BCUT2D eigenvalue weighted by atomic mass is 9.97. The first kappa shape index (κ1) is 52.6. The quantitative estimate of drug-likeness (QED) is 0.149. The maximum atomic E-state index is 14.6. The minimum atomic E-state index is -4.76. The number of alkyl halides is 12. The zero-order valence-electron chi connectivity index (χ0n) is 42.0. The molecule has 2 aromatic heterocycles. The topological polar surface area (TPSA) is 57.4 Å². The number of benzene rings is 10. The lowest BCUT2D eigenvalue weighted by molar-refractivity contribution is -0.137. The van der Waals surface area contributed by atoms with Gasteiger partial charge < -0.3 is 9.13 Å². The molecule has 12 aromatic rings. The lowest BCUT2D eigenvalue weighted by Crippen LogP contribution is -2.07. The smallest absolute Gasteiger partial charge is 0.308 e. The maximum Gasteiger partial charge on any atom is 0.417 e. The van der Waals surface area contributed by atoms with Gasteiger partial charge in [0, 0.05) is 21.5 Å². The first-order valence-electron chi connectivity index (χ1n) is 25.0. The normalized spacial score (nSPS) is 12.4. The van der Waals surface area contributed by atoms with Crippen LogP contribution in [0.4, 0.5) is 52.7 Å². The molecule has 0 aliphatic rings. The predicted octanol–water partition coefficient (Wildman–Crippen LogP) is 20.0. The van der Waals surface area contributed by atoms with E-state index in [9.17, 15) is 63.2 Å². The summed E-state index contributed by atoms with van der Waals surface area (Å²) in [4.78, 5) is 0. The molecule has 0 unspecified atom stereocenters. The number of fused-ring (bicyclic) bond motifs is 6. The van der Waals surface area contributed by atoms with Crippen LogP contribution < -0.4 is 0 Å². The summed E-state index contributed by atoms with van der Waals surface area (Å²) < 4.78 is 178. The van der Waals surface area contributed by atoms with Crippen molar-refractivity contribution in [3.05, 3.63) is 240 Å². The van der Waals surface area contributed by atoms with Gasteiger partial charge in [0.1, 0.15) is 12.1 Å².